The summed E-state index contributed by atoms with van der Waals surface area (Å²) >= 11 is 0. The number of carbonyl (C=O) groups is 2. The maximum Gasteiger partial charge on any atom is 0.282 e. The van der Waals surface area contributed by atoms with Gasteiger partial charge in [0.05, 0.1) is 22.9 Å². The van der Waals surface area contributed by atoms with E-state index >= 15 is 0 Å². The van der Waals surface area contributed by atoms with Gasteiger partial charge in [0.25, 0.3) is 11.8 Å². The normalized spacial score (nSPS) is 13.6. The lowest BCUT2D eigenvalue weighted by molar-refractivity contribution is -0.120. The molecule has 1 aliphatic rings. The van der Waals surface area contributed by atoms with Crippen LogP contribution in [0.2, 0.25) is 0 Å². The minimum absolute atomic E-state index is 0.240. The molecule has 0 spiro atoms. The van der Waals surface area contributed by atoms with Gasteiger partial charge < -0.3 is 5.32 Å². The molecule has 1 aliphatic heterocycles. The minimum Gasteiger partial charge on any atom is -0.350 e. The molecule has 5 nitrogen and oxygen atoms in total. The zero-order valence-corrected chi connectivity index (χ0v) is 16.6. The van der Waals surface area contributed by atoms with Gasteiger partial charge in [-0.25, -0.2) is 4.90 Å². The summed E-state index contributed by atoms with van der Waals surface area (Å²) in [6.07, 6.45) is 0. The number of amides is 2. The smallest absolute Gasteiger partial charge is 0.282 e. The van der Waals surface area contributed by atoms with Crippen molar-refractivity contribution in [1.82, 2.24) is 0 Å². The molecule has 1 N–H and O–H groups in total. The van der Waals surface area contributed by atoms with E-state index in [1.165, 1.54) is 0 Å². The Morgan fingerprint density at radius 3 is 2.23 bits per heavy atom. The Morgan fingerprint density at radius 1 is 0.867 bits per heavy atom. The molecule has 0 atom stereocenters. The second-order valence-electron chi connectivity index (χ2n) is 7.16. The third-order valence-corrected chi connectivity index (χ3v) is 5.05. The highest BCUT2D eigenvalue weighted by Gasteiger charge is 2.40. The molecule has 30 heavy (non-hydrogen) atoms. The van der Waals surface area contributed by atoms with E-state index < -0.39 is 11.8 Å². The number of aryl methyl sites for hydroxylation is 2. The quantitative estimate of drug-likeness (QED) is 0.659. The van der Waals surface area contributed by atoms with Gasteiger partial charge in [0.2, 0.25) is 0 Å². The number of nitrogens with zero attached hydrogens (tertiary/aromatic N) is 2. The van der Waals surface area contributed by atoms with E-state index in [9.17, 15) is 9.59 Å². The van der Waals surface area contributed by atoms with Crippen LogP contribution in [-0.2, 0) is 9.59 Å². The Hall–Kier alpha value is -4.17. The zero-order chi connectivity index (χ0) is 21.3. The zero-order valence-electron chi connectivity index (χ0n) is 16.6. The summed E-state index contributed by atoms with van der Waals surface area (Å²) in [5.41, 5.74) is 4.91. The molecule has 0 radical (unpaired) electrons. The van der Waals surface area contributed by atoms with Crippen LogP contribution in [0.4, 0.5) is 11.4 Å². The molecule has 0 saturated carbocycles. The topological polar surface area (TPSA) is 73.2 Å². The summed E-state index contributed by atoms with van der Waals surface area (Å²) in [4.78, 5) is 27.9. The van der Waals surface area contributed by atoms with Crippen LogP contribution in [-0.4, -0.2) is 11.8 Å². The maximum absolute atomic E-state index is 13.4. The molecule has 0 aliphatic carbocycles. The molecule has 0 unspecified atom stereocenters. The first-order valence-corrected chi connectivity index (χ1v) is 9.52. The number of nitriles is 1. The van der Waals surface area contributed by atoms with E-state index in [4.69, 9.17) is 5.26 Å². The van der Waals surface area contributed by atoms with E-state index in [-0.39, 0.29) is 5.70 Å². The Kier molecular flexibility index (Phi) is 4.91. The molecule has 2 amide bonds. The fraction of sp³-hybridized carbons (Fsp3) is 0.0800. The number of hydrogen-bond acceptors (Lipinski definition) is 4. The fourth-order valence-electron chi connectivity index (χ4n) is 3.44. The lowest BCUT2D eigenvalue weighted by Crippen LogP contribution is -2.32. The number of carbonyl (C=O) groups excluding carboxylic acids is 2. The number of benzene rings is 3. The average molecular weight is 393 g/mol. The highest BCUT2D eigenvalue weighted by atomic mass is 16.2. The summed E-state index contributed by atoms with van der Waals surface area (Å²) < 4.78 is 0. The first-order valence-electron chi connectivity index (χ1n) is 9.52. The van der Waals surface area contributed by atoms with E-state index in [0.717, 1.165) is 21.7 Å². The Labute approximate surface area is 174 Å². The Bertz CT molecular complexity index is 1220. The van der Waals surface area contributed by atoms with E-state index in [1.54, 1.807) is 24.3 Å². The molecule has 5 heteroatoms. The average Bonchev–Trinajstić information content (AvgIpc) is 3.01. The van der Waals surface area contributed by atoms with E-state index in [1.807, 2.05) is 68.4 Å². The molecular formula is C25H19N3O2. The fourth-order valence-corrected chi connectivity index (χ4v) is 3.44. The lowest BCUT2D eigenvalue weighted by Gasteiger charge is -2.16. The molecule has 3 aromatic rings. The monoisotopic (exact) mass is 393 g/mol. The van der Waals surface area contributed by atoms with Crippen molar-refractivity contribution in [2.75, 3.05) is 10.2 Å². The third kappa shape index (κ3) is 3.36. The van der Waals surface area contributed by atoms with Crippen LogP contribution >= 0.6 is 0 Å². The number of hydrogen-bond donors (Lipinski definition) is 1. The van der Waals surface area contributed by atoms with Crippen LogP contribution < -0.4 is 10.2 Å². The maximum atomic E-state index is 13.4. The van der Waals surface area contributed by atoms with Crippen molar-refractivity contribution < 1.29 is 9.59 Å². The van der Waals surface area contributed by atoms with Gasteiger partial charge in [-0.3, -0.25) is 9.59 Å². The third-order valence-electron chi connectivity index (χ3n) is 5.05. The predicted octanol–water partition coefficient (Wildman–Crippen LogP) is 4.57. The van der Waals surface area contributed by atoms with Crippen LogP contribution in [0.1, 0.15) is 22.3 Å². The second-order valence-corrected chi connectivity index (χ2v) is 7.16. The van der Waals surface area contributed by atoms with Gasteiger partial charge in [0.15, 0.2) is 0 Å². The second kappa shape index (κ2) is 7.69. The molecule has 0 saturated heterocycles. The van der Waals surface area contributed by atoms with Crippen molar-refractivity contribution >= 4 is 28.8 Å². The van der Waals surface area contributed by atoms with Gasteiger partial charge >= 0.3 is 0 Å². The van der Waals surface area contributed by atoms with Crippen LogP contribution in [0.25, 0.3) is 5.57 Å². The summed E-state index contributed by atoms with van der Waals surface area (Å²) in [6, 6.07) is 23.5. The number of nitrogens with one attached hydrogen (secondary N) is 1. The molecule has 4 rings (SSSR count). The van der Waals surface area contributed by atoms with E-state index in [2.05, 4.69) is 5.32 Å². The van der Waals surface area contributed by atoms with Crippen LogP contribution in [0.5, 0.6) is 0 Å². The molecule has 3 aromatic carbocycles. The van der Waals surface area contributed by atoms with Gasteiger partial charge in [0, 0.05) is 5.69 Å². The summed E-state index contributed by atoms with van der Waals surface area (Å²) in [6.45, 7) is 3.92. The Balaban J connectivity index is 1.82. The van der Waals surface area contributed by atoms with Crippen LogP contribution in [0.15, 0.2) is 78.5 Å². The molecule has 0 bridgehead atoms. The first-order chi connectivity index (χ1) is 14.5. The Morgan fingerprint density at radius 2 is 1.57 bits per heavy atom. The van der Waals surface area contributed by atoms with Crippen LogP contribution in [0.3, 0.4) is 0 Å². The summed E-state index contributed by atoms with van der Waals surface area (Å²) in [5, 5.41) is 12.2. The molecule has 1 heterocycles. The van der Waals surface area contributed by atoms with E-state index in [0.29, 0.717) is 22.4 Å². The number of rotatable bonds is 4. The van der Waals surface area contributed by atoms with Gasteiger partial charge in [-0.05, 0) is 60.9 Å². The molecular weight excluding hydrogens is 374 g/mol. The first kappa shape index (κ1) is 19.2. The van der Waals surface area contributed by atoms with Crippen LogP contribution in [0, 0.1) is 25.2 Å². The number of imide groups is 1. The SMILES string of the molecule is Cc1ccc(C)c(NC2=C(c3ccccc3)C(=O)N(c3ccc(C#N)cc3)C2=O)c1. The van der Waals surface area contributed by atoms with Gasteiger partial charge in [-0.15, -0.1) is 0 Å². The summed E-state index contributed by atoms with van der Waals surface area (Å²) in [5.74, 6) is -0.826. The van der Waals surface area contributed by atoms with Gasteiger partial charge in [-0.1, -0.05) is 42.5 Å². The predicted molar refractivity (Wildman–Crippen MR) is 117 cm³/mol. The van der Waals surface area contributed by atoms with Gasteiger partial charge in [-0.2, -0.15) is 5.26 Å². The lowest BCUT2D eigenvalue weighted by atomic mass is 10.0. The van der Waals surface area contributed by atoms with Crippen molar-refractivity contribution in [3.05, 3.63) is 101 Å². The molecule has 0 fully saturated rings. The van der Waals surface area contributed by atoms with Crippen molar-refractivity contribution in [2.24, 2.45) is 0 Å². The number of anilines is 2. The summed E-state index contributed by atoms with van der Waals surface area (Å²) in [7, 11) is 0. The van der Waals surface area contributed by atoms with Crippen molar-refractivity contribution in [3.63, 3.8) is 0 Å². The standard InChI is InChI=1S/C25H19N3O2/c1-16-8-9-17(2)21(14-16)27-23-22(19-6-4-3-5-7-19)24(29)28(25(23)30)20-12-10-18(15-26)11-13-20/h3-14,27H,1-2H3. The van der Waals surface area contributed by atoms with Crippen molar-refractivity contribution in [1.29, 1.82) is 5.26 Å². The van der Waals surface area contributed by atoms with Crippen molar-refractivity contribution in [2.45, 2.75) is 13.8 Å². The molecule has 146 valence electrons. The highest BCUT2D eigenvalue weighted by Crippen LogP contribution is 2.34. The minimum atomic E-state index is -0.426. The van der Waals surface area contributed by atoms with Gasteiger partial charge in [0.1, 0.15) is 5.70 Å². The largest absolute Gasteiger partial charge is 0.350 e. The van der Waals surface area contributed by atoms with Crippen molar-refractivity contribution in [3.8, 4) is 6.07 Å². The highest BCUT2D eigenvalue weighted by molar-refractivity contribution is 6.46. The molecule has 0 aromatic heterocycles.